The molecule has 0 bridgehead atoms. The number of nitrogens with zero attached hydrogens (tertiary/aromatic N) is 1. The molecule has 9 heteroatoms. The highest BCUT2D eigenvalue weighted by atomic mass is 35.5. The first-order chi connectivity index (χ1) is 8.47. The second-order valence-electron chi connectivity index (χ2n) is 3.30. The van der Waals surface area contributed by atoms with E-state index in [2.05, 4.69) is 10.4 Å². The summed E-state index contributed by atoms with van der Waals surface area (Å²) >= 11 is 6.79. The zero-order valence-electron chi connectivity index (χ0n) is 8.88. The van der Waals surface area contributed by atoms with Crippen LogP contribution in [0.1, 0.15) is 0 Å². The summed E-state index contributed by atoms with van der Waals surface area (Å²) < 4.78 is 23.6. The molecule has 1 heterocycles. The number of hydrogen-bond acceptors (Lipinski definition) is 5. The molecule has 0 spiro atoms. The van der Waals surface area contributed by atoms with E-state index in [4.69, 9.17) is 11.6 Å². The number of thioether (sulfide) groups is 1. The summed E-state index contributed by atoms with van der Waals surface area (Å²) in [6, 6.07) is 5.67. The van der Waals surface area contributed by atoms with Gasteiger partial charge in [-0.15, -0.1) is 5.10 Å². The predicted molar refractivity (Wildman–Crippen MR) is 69.8 cm³/mol. The number of hydrogen-bond donors (Lipinski definition) is 2. The molecule has 1 amide bonds. The fraction of sp³-hybridized carbons (Fsp3) is 0.111. The maximum atomic E-state index is 11.8. The van der Waals surface area contributed by atoms with Crippen molar-refractivity contribution in [3.63, 3.8) is 0 Å². The third kappa shape index (κ3) is 3.15. The van der Waals surface area contributed by atoms with Crippen LogP contribution in [0, 0.1) is 0 Å². The summed E-state index contributed by atoms with van der Waals surface area (Å²) in [5, 5.41) is 6.71. The summed E-state index contributed by atoms with van der Waals surface area (Å²) in [7, 11) is -3.74. The van der Waals surface area contributed by atoms with E-state index >= 15 is 0 Å². The van der Waals surface area contributed by atoms with Crippen LogP contribution < -0.4 is 10.1 Å². The minimum Gasteiger partial charge on any atom is -0.303 e. The van der Waals surface area contributed by atoms with E-state index in [1.807, 2.05) is 4.83 Å². The smallest absolute Gasteiger partial charge is 0.276 e. The Bertz CT molecular complexity index is 598. The monoisotopic (exact) mass is 305 g/mol. The van der Waals surface area contributed by atoms with Crippen LogP contribution in [0.4, 0.5) is 0 Å². The maximum absolute atomic E-state index is 11.8. The third-order valence-corrected chi connectivity index (χ3v) is 4.33. The van der Waals surface area contributed by atoms with Gasteiger partial charge in [-0.2, -0.15) is 13.2 Å². The van der Waals surface area contributed by atoms with Crippen LogP contribution in [0.25, 0.3) is 0 Å². The molecule has 1 aromatic carbocycles. The Morgan fingerprint density at radius 3 is 2.56 bits per heavy atom. The number of hydrazone groups is 1. The number of nitrogens with one attached hydrogen (secondary N) is 2. The van der Waals surface area contributed by atoms with Crippen LogP contribution in [0.15, 0.2) is 34.3 Å². The molecular weight excluding hydrogens is 298 g/mol. The number of rotatable bonds is 3. The van der Waals surface area contributed by atoms with E-state index in [0.717, 1.165) is 11.8 Å². The van der Waals surface area contributed by atoms with Crippen molar-refractivity contribution >= 4 is 44.5 Å². The van der Waals surface area contributed by atoms with Crippen molar-refractivity contribution in [2.75, 3.05) is 5.75 Å². The Hall–Kier alpha value is -1.25. The molecule has 1 aromatic rings. The van der Waals surface area contributed by atoms with Gasteiger partial charge in [-0.25, -0.2) is 0 Å². The lowest BCUT2D eigenvalue weighted by molar-refractivity contribution is -0.116. The van der Waals surface area contributed by atoms with Gasteiger partial charge in [0.25, 0.3) is 10.0 Å². The highest BCUT2D eigenvalue weighted by molar-refractivity contribution is 8.15. The first-order valence-electron chi connectivity index (χ1n) is 4.75. The van der Waals surface area contributed by atoms with Gasteiger partial charge in [0.05, 0.1) is 10.6 Å². The lowest BCUT2D eigenvalue weighted by atomic mass is 10.4. The lowest BCUT2D eigenvalue weighted by Gasteiger charge is -2.03. The molecule has 18 heavy (non-hydrogen) atoms. The van der Waals surface area contributed by atoms with Crippen molar-refractivity contribution in [3.8, 4) is 0 Å². The number of halogens is 1. The van der Waals surface area contributed by atoms with Crippen molar-refractivity contribution in [3.05, 3.63) is 29.3 Å². The zero-order chi connectivity index (χ0) is 13.2. The first-order valence-corrected chi connectivity index (χ1v) is 7.60. The topological polar surface area (TPSA) is 87.6 Å². The van der Waals surface area contributed by atoms with Crippen LogP contribution in [0.2, 0.25) is 5.02 Å². The van der Waals surface area contributed by atoms with Crippen molar-refractivity contribution in [1.82, 2.24) is 10.1 Å². The highest BCUT2D eigenvalue weighted by Gasteiger charge is 2.18. The fourth-order valence-electron chi connectivity index (χ4n) is 1.15. The SMILES string of the molecule is O=C1CS/C(=N\NS(=O)(=O)c2ccc(Cl)cc2)N1. The molecule has 1 aliphatic heterocycles. The summed E-state index contributed by atoms with van der Waals surface area (Å²) in [5.41, 5.74) is 0. The quantitative estimate of drug-likeness (QED) is 0.807. The first kappa shape index (κ1) is 13.2. The second kappa shape index (κ2) is 5.17. The van der Waals surface area contributed by atoms with E-state index in [1.165, 1.54) is 24.3 Å². The van der Waals surface area contributed by atoms with Gasteiger partial charge in [0, 0.05) is 5.02 Å². The van der Waals surface area contributed by atoms with Crippen LogP contribution in [0.5, 0.6) is 0 Å². The molecule has 2 rings (SSSR count). The van der Waals surface area contributed by atoms with Gasteiger partial charge >= 0.3 is 0 Å². The predicted octanol–water partition coefficient (Wildman–Crippen LogP) is 0.752. The van der Waals surface area contributed by atoms with E-state index < -0.39 is 10.0 Å². The zero-order valence-corrected chi connectivity index (χ0v) is 11.3. The Balaban J connectivity index is 2.13. The van der Waals surface area contributed by atoms with E-state index in [1.54, 1.807) is 0 Å². The van der Waals surface area contributed by atoms with E-state index in [-0.39, 0.29) is 21.7 Å². The number of amidine groups is 1. The van der Waals surface area contributed by atoms with Gasteiger partial charge in [-0.05, 0) is 24.3 Å². The summed E-state index contributed by atoms with van der Waals surface area (Å²) in [6.45, 7) is 0. The minimum atomic E-state index is -3.74. The normalized spacial score (nSPS) is 17.8. The maximum Gasteiger partial charge on any atom is 0.276 e. The summed E-state index contributed by atoms with van der Waals surface area (Å²) in [4.78, 5) is 13.0. The number of amides is 1. The Morgan fingerprint density at radius 1 is 1.33 bits per heavy atom. The van der Waals surface area contributed by atoms with E-state index in [9.17, 15) is 13.2 Å². The van der Waals surface area contributed by atoms with Crippen LogP contribution in [-0.4, -0.2) is 25.2 Å². The molecule has 0 atom stereocenters. The average molecular weight is 306 g/mol. The third-order valence-electron chi connectivity index (χ3n) is 1.98. The standard InChI is InChI=1S/C9H8ClN3O3S2/c10-6-1-3-7(4-2-6)18(15,16)13-12-9-11-8(14)5-17-9/h1-4,13H,5H2,(H,11,12,14). The van der Waals surface area contributed by atoms with Crippen molar-refractivity contribution in [1.29, 1.82) is 0 Å². The van der Waals surface area contributed by atoms with Crippen LogP contribution >= 0.6 is 23.4 Å². The lowest BCUT2D eigenvalue weighted by Crippen LogP contribution is -2.25. The van der Waals surface area contributed by atoms with Gasteiger partial charge in [0.2, 0.25) is 5.91 Å². The Morgan fingerprint density at radius 2 is 2.00 bits per heavy atom. The van der Waals surface area contributed by atoms with Crippen LogP contribution in [-0.2, 0) is 14.8 Å². The molecule has 1 aliphatic rings. The van der Waals surface area contributed by atoms with Gasteiger partial charge in [0.15, 0.2) is 5.17 Å². The van der Waals surface area contributed by atoms with Gasteiger partial charge < -0.3 is 5.32 Å². The molecule has 0 saturated carbocycles. The molecular formula is C9H8ClN3O3S2. The molecule has 0 aromatic heterocycles. The van der Waals surface area contributed by atoms with Gasteiger partial charge in [-0.3, -0.25) is 4.79 Å². The van der Waals surface area contributed by atoms with Crippen molar-refractivity contribution < 1.29 is 13.2 Å². The number of sulfonamides is 1. The largest absolute Gasteiger partial charge is 0.303 e. The highest BCUT2D eigenvalue weighted by Crippen LogP contribution is 2.14. The number of carbonyl (C=O) groups is 1. The molecule has 1 fully saturated rings. The molecule has 6 nitrogen and oxygen atoms in total. The minimum absolute atomic E-state index is 0.0468. The van der Waals surface area contributed by atoms with Crippen molar-refractivity contribution in [2.24, 2.45) is 5.10 Å². The van der Waals surface area contributed by atoms with Gasteiger partial charge in [-0.1, -0.05) is 23.4 Å². The molecule has 1 saturated heterocycles. The van der Waals surface area contributed by atoms with Crippen molar-refractivity contribution in [2.45, 2.75) is 4.90 Å². The van der Waals surface area contributed by atoms with Crippen LogP contribution in [0.3, 0.4) is 0 Å². The molecule has 0 unspecified atom stereocenters. The molecule has 0 radical (unpaired) electrons. The average Bonchev–Trinajstić information content (AvgIpc) is 2.73. The molecule has 2 N–H and O–H groups in total. The summed E-state index contributed by atoms with van der Waals surface area (Å²) in [6.07, 6.45) is 0. The van der Waals surface area contributed by atoms with E-state index in [0.29, 0.717) is 5.02 Å². The Labute approximate surface area is 113 Å². The molecule has 96 valence electrons. The Kier molecular flexibility index (Phi) is 3.79. The summed E-state index contributed by atoms with van der Waals surface area (Å²) in [5.74, 6) is 0.0334. The number of benzene rings is 1. The fourth-order valence-corrected chi connectivity index (χ4v) is 2.78. The van der Waals surface area contributed by atoms with Gasteiger partial charge in [0.1, 0.15) is 0 Å². The number of carbonyl (C=O) groups excluding carboxylic acids is 1. The molecule has 0 aliphatic carbocycles. The second-order valence-corrected chi connectivity index (χ2v) is 6.36.